The average molecular weight is 351 g/mol. The van der Waals surface area contributed by atoms with Crippen LogP contribution in [0.4, 0.5) is 0 Å². The van der Waals surface area contributed by atoms with Crippen molar-refractivity contribution in [3.05, 3.63) is 54.4 Å². The fourth-order valence-corrected chi connectivity index (χ4v) is 3.74. The van der Waals surface area contributed by atoms with Crippen molar-refractivity contribution in [1.82, 2.24) is 34.7 Å². The van der Waals surface area contributed by atoms with Crippen molar-refractivity contribution in [2.24, 2.45) is 0 Å². The Balaban J connectivity index is 1.45. The minimum absolute atomic E-state index is 0.000948. The van der Waals surface area contributed by atoms with Gasteiger partial charge in [-0.05, 0) is 18.6 Å². The Hall–Kier alpha value is -3.07. The minimum Gasteiger partial charge on any atom is -0.370 e. The fraction of sp³-hybridized carbons (Fsp3) is 0.353. The largest absolute Gasteiger partial charge is 0.370 e. The lowest BCUT2D eigenvalue weighted by Crippen LogP contribution is -2.50. The minimum atomic E-state index is -0.0139. The molecule has 0 unspecified atom stereocenters. The van der Waals surface area contributed by atoms with Gasteiger partial charge in [0.1, 0.15) is 12.7 Å². The molecule has 2 atom stereocenters. The summed E-state index contributed by atoms with van der Waals surface area (Å²) < 4.78 is 9.57. The van der Waals surface area contributed by atoms with Crippen LogP contribution < -0.4 is 0 Å². The Morgan fingerprint density at radius 3 is 2.88 bits per heavy atom. The van der Waals surface area contributed by atoms with Gasteiger partial charge in [-0.2, -0.15) is 0 Å². The van der Waals surface area contributed by atoms with Crippen molar-refractivity contribution in [2.45, 2.75) is 25.2 Å². The maximum absolute atomic E-state index is 13.2. The molecule has 0 N–H and O–H groups in total. The van der Waals surface area contributed by atoms with Gasteiger partial charge in [-0.25, -0.2) is 4.68 Å². The molecule has 2 aliphatic rings. The molecule has 26 heavy (non-hydrogen) atoms. The van der Waals surface area contributed by atoms with E-state index in [1.54, 1.807) is 23.4 Å². The fourth-order valence-electron chi connectivity index (χ4n) is 3.74. The Kier molecular flexibility index (Phi) is 3.52. The molecule has 2 aliphatic heterocycles. The van der Waals surface area contributed by atoms with Crippen LogP contribution in [0.1, 0.15) is 28.5 Å². The van der Waals surface area contributed by atoms with Crippen LogP contribution >= 0.6 is 0 Å². The molecular weight excluding hydrogens is 334 g/mol. The van der Waals surface area contributed by atoms with Gasteiger partial charge in [0.25, 0.3) is 5.91 Å². The number of amides is 1. The third kappa shape index (κ3) is 2.39. The van der Waals surface area contributed by atoms with E-state index in [0.29, 0.717) is 25.3 Å². The van der Waals surface area contributed by atoms with Gasteiger partial charge >= 0.3 is 0 Å². The molecule has 5 rings (SSSR count). The third-order valence-corrected chi connectivity index (χ3v) is 5.05. The maximum atomic E-state index is 13.2. The van der Waals surface area contributed by atoms with E-state index < -0.39 is 0 Å². The number of piperidine rings is 1. The van der Waals surface area contributed by atoms with Crippen molar-refractivity contribution in [2.75, 3.05) is 13.1 Å². The van der Waals surface area contributed by atoms with Crippen LogP contribution in [-0.4, -0.2) is 59.8 Å². The van der Waals surface area contributed by atoms with Crippen LogP contribution in [0, 0.1) is 0 Å². The number of para-hydroxylation sites is 1. The molecule has 0 saturated carbocycles. The summed E-state index contributed by atoms with van der Waals surface area (Å²) in [6.07, 6.45) is 5.76. The van der Waals surface area contributed by atoms with E-state index in [1.165, 1.54) is 0 Å². The molecule has 0 bridgehead atoms. The molecule has 0 aliphatic carbocycles. The van der Waals surface area contributed by atoms with Gasteiger partial charge in [0, 0.05) is 13.1 Å². The van der Waals surface area contributed by atoms with E-state index in [-0.39, 0.29) is 18.1 Å². The van der Waals surface area contributed by atoms with Gasteiger partial charge in [0.2, 0.25) is 0 Å². The first-order valence-electron chi connectivity index (χ1n) is 8.55. The molecule has 1 amide bonds. The number of ether oxygens (including phenoxy) is 1. The topological polar surface area (TPSA) is 91.0 Å². The summed E-state index contributed by atoms with van der Waals surface area (Å²) in [5.74, 6) is -0.0139. The van der Waals surface area contributed by atoms with Crippen LogP contribution in [0.15, 0.2) is 43.1 Å². The van der Waals surface area contributed by atoms with Crippen LogP contribution in [0.2, 0.25) is 0 Å². The van der Waals surface area contributed by atoms with E-state index in [1.807, 2.05) is 33.8 Å². The zero-order valence-corrected chi connectivity index (χ0v) is 14.0. The molecule has 0 radical (unpaired) electrons. The molecule has 9 heteroatoms. The molecule has 0 spiro atoms. The molecule has 1 saturated heterocycles. The predicted molar refractivity (Wildman–Crippen MR) is 89.5 cm³/mol. The predicted octanol–water partition coefficient (Wildman–Crippen LogP) is 0.845. The van der Waals surface area contributed by atoms with Crippen molar-refractivity contribution in [3.63, 3.8) is 0 Å². The number of aromatic nitrogens is 6. The third-order valence-electron chi connectivity index (χ3n) is 5.05. The standard InChI is InChI=1S/C17H17N7O2/c25-17(13-3-1-2-4-14(13)23-10-19-20-11-23)22-6-5-16-15(8-22)24-12(9-26-16)7-18-21-24/h1-4,7,10-11,15-16H,5-6,8-9H2/t15-,16+/m1/s1. The summed E-state index contributed by atoms with van der Waals surface area (Å²) in [7, 11) is 0. The van der Waals surface area contributed by atoms with Crippen molar-refractivity contribution < 1.29 is 9.53 Å². The summed E-state index contributed by atoms with van der Waals surface area (Å²) in [6.45, 7) is 1.73. The molecule has 1 aromatic carbocycles. The zero-order valence-electron chi connectivity index (χ0n) is 14.0. The second kappa shape index (κ2) is 6.03. The van der Waals surface area contributed by atoms with Gasteiger partial charge in [-0.3, -0.25) is 9.36 Å². The van der Waals surface area contributed by atoms with Crippen molar-refractivity contribution in [3.8, 4) is 5.69 Å². The zero-order chi connectivity index (χ0) is 17.5. The second-order valence-electron chi connectivity index (χ2n) is 6.51. The number of nitrogens with zero attached hydrogens (tertiary/aromatic N) is 7. The number of hydrogen-bond donors (Lipinski definition) is 0. The van der Waals surface area contributed by atoms with Gasteiger partial charge < -0.3 is 9.64 Å². The lowest BCUT2D eigenvalue weighted by molar-refractivity contribution is -0.0605. The molecule has 2 aromatic heterocycles. The second-order valence-corrected chi connectivity index (χ2v) is 6.51. The van der Waals surface area contributed by atoms with Gasteiger partial charge in [-0.15, -0.1) is 15.3 Å². The van der Waals surface area contributed by atoms with E-state index >= 15 is 0 Å². The number of hydrogen-bond acceptors (Lipinski definition) is 6. The number of rotatable bonds is 2. The van der Waals surface area contributed by atoms with Crippen molar-refractivity contribution >= 4 is 5.91 Å². The molecular formula is C17H17N7O2. The number of likely N-dealkylation sites (tertiary alicyclic amines) is 1. The van der Waals surface area contributed by atoms with E-state index in [2.05, 4.69) is 20.5 Å². The van der Waals surface area contributed by atoms with Gasteiger partial charge in [0.15, 0.2) is 0 Å². The summed E-state index contributed by atoms with van der Waals surface area (Å²) in [5, 5.41) is 15.9. The number of carbonyl (C=O) groups is 1. The lowest BCUT2D eigenvalue weighted by Gasteiger charge is -2.41. The summed E-state index contributed by atoms with van der Waals surface area (Å²) in [4.78, 5) is 15.1. The normalized spacial score (nSPS) is 21.9. The molecule has 3 aromatic rings. The maximum Gasteiger partial charge on any atom is 0.256 e. The van der Waals surface area contributed by atoms with E-state index in [9.17, 15) is 4.79 Å². The van der Waals surface area contributed by atoms with E-state index in [0.717, 1.165) is 17.8 Å². The van der Waals surface area contributed by atoms with Crippen LogP contribution in [-0.2, 0) is 11.3 Å². The Morgan fingerprint density at radius 1 is 1.15 bits per heavy atom. The first-order chi connectivity index (χ1) is 12.8. The highest BCUT2D eigenvalue weighted by Gasteiger charge is 2.38. The van der Waals surface area contributed by atoms with Gasteiger partial charge in [0.05, 0.1) is 41.9 Å². The monoisotopic (exact) mass is 351 g/mol. The summed E-state index contributed by atoms with van der Waals surface area (Å²) >= 11 is 0. The van der Waals surface area contributed by atoms with Crippen molar-refractivity contribution in [1.29, 1.82) is 0 Å². The molecule has 9 nitrogen and oxygen atoms in total. The summed E-state index contributed by atoms with van der Waals surface area (Å²) in [6, 6.07) is 7.49. The highest BCUT2D eigenvalue weighted by molar-refractivity contribution is 5.97. The molecule has 4 heterocycles. The van der Waals surface area contributed by atoms with Crippen LogP contribution in [0.5, 0.6) is 0 Å². The Bertz CT molecular complexity index is 936. The molecule has 132 valence electrons. The number of carbonyl (C=O) groups excluding carboxylic acids is 1. The Labute approximate surface area is 149 Å². The first kappa shape index (κ1) is 15.2. The highest BCUT2D eigenvalue weighted by atomic mass is 16.5. The van der Waals surface area contributed by atoms with Gasteiger partial charge in [-0.1, -0.05) is 17.3 Å². The highest BCUT2D eigenvalue weighted by Crippen LogP contribution is 2.31. The SMILES string of the molecule is O=C(c1ccccc1-n1cnnc1)N1CC[C@@H]2OCc3cnnn3[C@@H]2C1. The van der Waals surface area contributed by atoms with E-state index in [4.69, 9.17) is 4.74 Å². The summed E-state index contributed by atoms with van der Waals surface area (Å²) in [5.41, 5.74) is 2.35. The number of benzene rings is 1. The first-order valence-corrected chi connectivity index (χ1v) is 8.55. The lowest BCUT2D eigenvalue weighted by atomic mass is 9.99. The molecule has 1 fully saturated rings. The smallest absolute Gasteiger partial charge is 0.256 e. The quantitative estimate of drug-likeness (QED) is 0.680. The van der Waals surface area contributed by atoms with Crippen LogP contribution in [0.25, 0.3) is 5.69 Å². The Morgan fingerprint density at radius 2 is 2.00 bits per heavy atom. The van der Waals surface area contributed by atoms with Crippen LogP contribution in [0.3, 0.4) is 0 Å². The average Bonchev–Trinajstić information content (AvgIpc) is 3.38. The number of fused-ring (bicyclic) bond motifs is 3.